The molecule has 5 rings (SSSR count). The van der Waals surface area contributed by atoms with Crippen molar-refractivity contribution in [2.45, 2.75) is 6.18 Å². The summed E-state index contributed by atoms with van der Waals surface area (Å²) in [5.41, 5.74) is 0.995. The Morgan fingerprint density at radius 3 is 2.64 bits per heavy atom. The van der Waals surface area contributed by atoms with Gasteiger partial charge in [-0.25, -0.2) is 24.3 Å². The molecule has 3 aromatic heterocycles. The molecule has 0 saturated heterocycles. The van der Waals surface area contributed by atoms with Crippen LogP contribution in [0.3, 0.4) is 0 Å². The molecule has 0 atom stereocenters. The average Bonchev–Trinajstić information content (AvgIpc) is 3.35. The Balaban J connectivity index is 1.43. The van der Waals surface area contributed by atoms with Crippen molar-refractivity contribution in [3.05, 3.63) is 90.4 Å². The van der Waals surface area contributed by atoms with Crippen LogP contribution in [-0.2, 0) is 6.18 Å². The highest BCUT2D eigenvalue weighted by Crippen LogP contribution is 2.32. The zero-order chi connectivity index (χ0) is 25.3. The first kappa shape index (κ1) is 22.9. The highest BCUT2D eigenvalue weighted by molar-refractivity contribution is 6.04. The molecule has 0 aliphatic carbocycles. The van der Waals surface area contributed by atoms with Crippen LogP contribution in [0.5, 0.6) is 0 Å². The number of carbonyl (C=O) groups excluding carboxylic acids is 1. The molecule has 0 aliphatic heterocycles. The Bertz CT molecular complexity index is 1580. The number of anilines is 3. The summed E-state index contributed by atoms with van der Waals surface area (Å²) in [6.07, 6.45) is -0.250. The number of pyridine rings is 1. The highest BCUT2D eigenvalue weighted by Gasteiger charge is 2.31. The number of amides is 1. The van der Waals surface area contributed by atoms with E-state index in [0.717, 1.165) is 24.3 Å². The van der Waals surface area contributed by atoms with Crippen molar-refractivity contribution in [3.8, 4) is 11.3 Å². The molecule has 5 aromatic rings. The van der Waals surface area contributed by atoms with Crippen LogP contribution in [0.2, 0.25) is 0 Å². The third-order valence-corrected chi connectivity index (χ3v) is 5.21. The van der Waals surface area contributed by atoms with Gasteiger partial charge in [-0.05, 0) is 48.5 Å². The van der Waals surface area contributed by atoms with E-state index in [1.165, 1.54) is 37.1 Å². The molecular weight excluding hydrogens is 478 g/mol. The maximum Gasteiger partial charge on any atom is 0.416 e. The maximum atomic E-state index is 14.7. The van der Waals surface area contributed by atoms with Gasteiger partial charge in [0.15, 0.2) is 5.65 Å². The van der Waals surface area contributed by atoms with Crippen molar-refractivity contribution in [1.82, 2.24) is 24.9 Å². The number of nitrogens with one attached hydrogen (secondary N) is 3. The molecule has 0 spiro atoms. The van der Waals surface area contributed by atoms with Crippen molar-refractivity contribution in [3.63, 3.8) is 0 Å². The minimum absolute atomic E-state index is 0.0240. The standard InChI is InChI=1S/C24H15F4N7O/c25-17-7-6-15(34-23(36)13-3-1-4-14(9-13)24(26,27)28)10-18(17)35-21-16(5-2-8-29-21)19-20-22(32-11-30-19)33-12-31-20/h1-12H,(H,29,35)(H,34,36)(H,30,31,32,33). The molecule has 0 unspecified atom stereocenters. The number of carbonyl (C=O) groups is 1. The minimum atomic E-state index is -4.59. The SMILES string of the molecule is O=C(Nc1ccc(F)c(Nc2ncccc2-c2ncnc3[nH]cnc23)c1)c1cccc(C(F)(F)F)c1. The second-order valence-corrected chi connectivity index (χ2v) is 7.57. The fraction of sp³-hybridized carbons (Fsp3) is 0.0417. The van der Waals surface area contributed by atoms with Crippen LogP contribution in [-0.4, -0.2) is 30.8 Å². The molecule has 8 nitrogen and oxygen atoms in total. The lowest BCUT2D eigenvalue weighted by Gasteiger charge is -2.13. The van der Waals surface area contributed by atoms with Gasteiger partial charge in [0.2, 0.25) is 0 Å². The molecule has 180 valence electrons. The van der Waals surface area contributed by atoms with E-state index in [9.17, 15) is 22.4 Å². The van der Waals surface area contributed by atoms with E-state index in [1.807, 2.05) is 0 Å². The summed E-state index contributed by atoms with van der Waals surface area (Å²) in [7, 11) is 0. The number of H-pyrrole nitrogens is 1. The van der Waals surface area contributed by atoms with Gasteiger partial charge >= 0.3 is 6.18 Å². The number of rotatable bonds is 5. The summed E-state index contributed by atoms with van der Waals surface area (Å²) in [6.45, 7) is 0. The molecule has 3 heterocycles. The summed E-state index contributed by atoms with van der Waals surface area (Å²) < 4.78 is 53.6. The van der Waals surface area contributed by atoms with Crippen LogP contribution in [0, 0.1) is 5.82 Å². The number of hydrogen-bond acceptors (Lipinski definition) is 6. The number of fused-ring (bicyclic) bond motifs is 1. The topological polar surface area (TPSA) is 108 Å². The summed E-state index contributed by atoms with van der Waals surface area (Å²) in [5, 5.41) is 5.38. The second-order valence-electron chi connectivity index (χ2n) is 7.57. The highest BCUT2D eigenvalue weighted by atomic mass is 19.4. The number of hydrogen-bond donors (Lipinski definition) is 3. The Kier molecular flexibility index (Phi) is 5.76. The van der Waals surface area contributed by atoms with Crippen LogP contribution < -0.4 is 10.6 Å². The molecule has 3 N–H and O–H groups in total. The van der Waals surface area contributed by atoms with Gasteiger partial charge in [0, 0.05) is 23.0 Å². The third kappa shape index (κ3) is 4.56. The van der Waals surface area contributed by atoms with Crippen LogP contribution in [0.15, 0.2) is 73.4 Å². The van der Waals surface area contributed by atoms with Crippen LogP contribution in [0.1, 0.15) is 15.9 Å². The van der Waals surface area contributed by atoms with E-state index in [2.05, 4.69) is 35.6 Å². The normalized spacial score (nSPS) is 11.4. The van der Waals surface area contributed by atoms with Crippen LogP contribution in [0.4, 0.5) is 34.8 Å². The van der Waals surface area contributed by atoms with E-state index >= 15 is 0 Å². The molecule has 0 radical (unpaired) electrons. The Morgan fingerprint density at radius 2 is 1.81 bits per heavy atom. The average molecular weight is 493 g/mol. The first-order valence-electron chi connectivity index (χ1n) is 10.4. The molecule has 2 aromatic carbocycles. The Morgan fingerprint density at radius 1 is 0.944 bits per heavy atom. The summed E-state index contributed by atoms with van der Waals surface area (Å²) in [4.78, 5) is 32.4. The number of alkyl halides is 3. The van der Waals surface area contributed by atoms with E-state index in [1.54, 1.807) is 12.1 Å². The summed E-state index contributed by atoms with van der Waals surface area (Å²) in [5.74, 6) is -1.16. The number of imidazole rings is 1. The molecule has 0 saturated carbocycles. The van der Waals surface area contributed by atoms with Gasteiger partial charge in [-0.2, -0.15) is 13.2 Å². The van der Waals surface area contributed by atoms with E-state index in [4.69, 9.17) is 0 Å². The van der Waals surface area contributed by atoms with Gasteiger partial charge in [-0.1, -0.05) is 6.07 Å². The lowest BCUT2D eigenvalue weighted by Crippen LogP contribution is -2.14. The third-order valence-electron chi connectivity index (χ3n) is 5.21. The lowest BCUT2D eigenvalue weighted by atomic mass is 10.1. The zero-order valence-electron chi connectivity index (χ0n) is 18.1. The van der Waals surface area contributed by atoms with Gasteiger partial charge < -0.3 is 15.6 Å². The van der Waals surface area contributed by atoms with Crippen LogP contribution in [0.25, 0.3) is 22.4 Å². The van der Waals surface area contributed by atoms with Gasteiger partial charge in [-0.3, -0.25) is 4.79 Å². The fourth-order valence-electron chi connectivity index (χ4n) is 3.52. The molecule has 0 fully saturated rings. The first-order valence-corrected chi connectivity index (χ1v) is 10.4. The largest absolute Gasteiger partial charge is 0.416 e. The zero-order valence-corrected chi connectivity index (χ0v) is 18.1. The monoisotopic (exact) mass is 493 g/mol. The fourth-order valence-corrected chi connectivity index (χ4v) is 3.52. The molecule has 0 bridgehead atoms. The molecular formula is C24H15F4N7O. The molecule has 1 amide bonds. The second kappa shape index (κ2) is 9.06. The van der Waals surface area contributed by atoms with Gasteiger partial charge in [0.05, 0.1) is 17.6 Å². The van der Waals surface area contributed by atoms with Crippen molar-refractivity contribution in [2.75, 3.05) is 10.6 Å². The van der Waals surface area contributed by atoms with E-state index in [-0.39, 0.29) is 22.8 Å². The van der Waals surface area contributed by atoms with Crippen molar-refractivity contribution < 1.29 is 22.4 Å². The Labute approximate surface area is 200 Å². The van der Waals surface area contributed by atoms with E-state index in [0.29, 0.717) is 22.4 Å². The lowest BCUT2D eigenvalue weighted by molar-refractivity contribution is -0.137. The molecule has 36 heavy (non-hydrogen) atoms. The number of halogens is 4. The predicted molar refractivity (Wildman–Crippen MR) is 124 cm³/mol. The maximum absolute atomic E-state index is 14.7. The Hall–Kier alpha value is -4.87. The van der Waals surface area contributed by atoms with Gasteiger partial charge in [-0.15, -0.1) is 0 Å². The number of aromatic amines is 1. The summed E-state index contributed by atoms with van der Waals surface area (Å²) >= 11 is 0. The number of nitrogens with zero attached hydrogens (tertiary/aromatic N) is 4. The summed E-state index contributed by atoms with van der Waals surface area (Å²) in [6, 6.07) is 11.1. The van der Waals surface area contributed by atoms with E-state index < -0.39 is 23.5 Å². The quantitative estimate of drug-likeness (QED) is 0.276. The van der Waals surface area contributed by atoms with Crippen LogP contribution >= 0.6 is 0 Å². The van der Waals surface area contributed by atoms with Crippen molar-refractivity contribution >= 4 is 34.3 Å². The molecule has 12 heteroatoms. The molecule has 0 aliphatic rings. The predicted octanol–water partition coefficient (Wildman–Crippen LogP) is 5.57. The first-order chi connectivity index (χ1) is 17.3. The van der Waals surface area contributed by atoms with Crippen molar-refractivity contribution in [1.29, 1.82) is 0 Å². The smallest absolute Gasteiger partial charge is 0.337 e. The minimum Gasteiger partial charge on any atom is -0.337 e. The number of aromatic nitrogens is 5. The van der Waals surface area contributed by atoms with Gasteiger partial charge in [0.1, 0.15) is 29.2 Å². The van der Waals surface area contributed by atoms with Crippen molar-refractivity contribution in [2.24, 2.45) is 0 Å². The van der Waals surface area contributed by atoms with Gasteiger partial charge in [0.25, 0.3) is 5.91 Å². The number of benzene rings is 2.